The molecule has 0 bridgehead atoms. The molecule has 130 valence electrons. The van der Waals surface area contributed by atoms with Crippen molar-refractivity contribution < 1.29 is 13.9 Å². The number of hydrogen-bond acceptors (Lipinski definition) is 3. The molecule has 0 fully saturated rings. The molecule has 0 saturated carbocycles. The second-order valence-corrected chi connectivity index (χ2v) is 6.45. The highest BCUT2D eigenvalue weighted by atomic mass is 16.5. The number of urea groups is 1. The van der Waals surface area contributed by atoms with Gasteiger partial charge in [0.2, 0.25) is 0 Å². The Morgan fingerprint density at radius 3 is 2.40 bits per heavy atom. The van der Waals surface area contributed by atoms with Crippen LogP contribution in [0, 0.1) is 0 Å². The Bertz CT molecular complexity index is 880. The molecule has 25 heavy (non-hydrogen) atoms. The third-order valence-electron chi connectivity index (χ3n) is 3.94. The summed E-state index contributed by atoms with van der Waals surface area (Å²) in [6.07, 6.45) is 1.81. The molecular formula is C20H22N2O3. The van der Waals surface area contributed by atoms with Gasteiger partial charge in [0.15, 0.2) is 0 Å². The van der Waals surface area contributed by atoms with Crippen LogP contribution in [0.15, 0.2) is 53.1 Å². The number of anilines is 1. The van der Waals surface area contributed by atoms with E-state index >= 15 is 0 Å². The molecule has 0 radical (unpaired) electrons. The molecule has 2 aromatic carbocycles. The molecule has 1 N–H and O–H groups in total. The highest BCUT2D eigenvalue weighted by Crippen LogP contribution is 2.32. The number of ether oxygens (including phenoxy) is 1. The quantitative estimate of drug-likeness (QED) is 0.689. The van der Waals surface area contributed by atoms with Gasteiger partial charge in [-0.3, -0.25) is 0 Å². The molecule has 0 unspecified atom stereocenters. The van der Waals surface area contributed by atoms with Crippen LogP contribution in [-0.4, -0.2) is 25.0 Å². The minimum Gasteiger partial charge on any atom is -0.464 e. The third kappa shape index (κ3) is 3.76. The fraction of sp³-hybridized carbons (Fsp3) is 0.250. The molecule has 0 spiro atoms. The Kier molecular flexibility index (Phi) is 4.65. The topological polar surface area (TPSA) is 54.7 Å². The van der Waals surface area contributed by atoms with Crippen LogP contribution in [0.25, 0.3) is 11.0 Å². The number of nitrogens with one attached hydrogen (secondary N) is 1. The first-order valence-corrected chi connectivity index (χ1v) is 8.21. The van der Waals surface area contributed by atoms with Crippen molar-refractivity contribution in [3.63, 3.8) is 0 Å². The molecule has 0 aliphatic heterocycles. The van der Waals surface area contributed by atoms with Gasteiger partial charge in [-0.15, -0.1) is 0 Å². The zero-order valence-corrected chi connectivity index (χ0v) is 14.9. The Labute approximate surface area is 147 Å². The summed E-state index contributed by atoms with van der Waals surface area (Å²) in [7, 11) is 3.40. The summed E-state index contributed by atoms with van der Waals surface area (Å²) in [5, 5.41) is 3.86. The minimum atomic E-state index is -0.166. The lowest BCUT2D eigenvalue weighted by molar-refractivity contribution is 0.230. The van der Waals surface area contributed by atoms with Crippen molar-refractivity contribution >= 4 is 22.7 Å². The first-order chi connectivity index (χ1) is 11.9. The molecule has 3 aromatic rings. The summed E-state index contributed by atoms with van der Waals surface area (Å²) in [4.78, 5) is 13.1. The van der Waals surface area contributed by atoms with E-state index in [9.17, 15) is 4.79 Å². The number of nitrogens with zero attached hydrogens (tertiary/aromatic N) is 1. The molecular weight excluding hydrogens is 316 g/mol. The molecule has 3 rings (SSSR count). The number of carbonyl (C=O) groups is 1. The number of carbonyl (C=O) groups excluding carboxylic acids is 1. The van der Waals surface area contributed by atoms with Crippen molar-refractivity contribution in [3.05, 3.63) is 54.3 Å². The highest BCUT2D eigenvalue weighted by Gasteiger charge is 2.11. The van der Waals surface area contributed by atoms with Crippen LogP contribution >= 0.6 is 0 Å². The maximum Gasteiger partial charge on any atom is 0.321 e. The summed E-state index contributed by atoms with van der Waals surface area (Å²) in [6, 6.07) is 12.9. The van der Waals surface area contributed by atoms with E-state index in [-0.39, 0.29) is 6.03 Å². The molecule has 0 atom stereocenters. The number of hydrogen-bond donors (Lipinski definition) is 1. The molecule has 0 aliphatic carbocycles. The van der Waals surface area contributed by atoms with Crippen LogP contribution in [0.2, 0.25) is 0 Å². The first-order valence-electron chi connectivity index (χ1n) is 8.21. The smallest absolute Gasteiger partial charge is 0.321 e. The lowest BCUT2D eigenvalue weighted by Crippen LogP contribution is -2.27. The van der Waals surface area contributed by atoms with Gasteiger partial charge in [-0.1, -0.05) is 13.8 Å². The number of fused-ring (bicyclic) bond motifs is 1. The Balaban J connectivity index is 1.77. The van der Waals surface area contributed by atoms with E-state index < -0.39 is 0 Å². The van der Waals surface area contributed by atoms with Crippen molar-refractivity contribution in [2.24, 2.45) is 0 Å². The monoisotopic (exact) mass is 338 g/mol. The number of benzene rings is 2. The van der Waals surface area contributed by atoms with Crippen LogP contribution in [-0.2, 0) is 0 Å². The standard InChI is InChI=1S/C20H22N2O3/c1-13(2)18-12-24-19-10-9-16(11-17(18)19)25-15-7-5-14(6-8-15)21-20(23)22(3)4/h5-13H,1-4H3,(H,21,23). The van der Waals surface area contributed by atoms with Crippen LogP contribution in [0.4, 0.5) is 10.5 Å². The third-order valence-corrected chi connectivity index (χ3v) is 3.94. The van der Waals surface area contributed by atoms with Gasteiger partial charge in [0.1, 0.15) is 17.1 Å². The van der Waals surface area contributed by atoms with E-state index in [4.69, 9.17) is 9.15 Å². The molecule has 2 amide bonds. The average Bonchev–Trinajstić information content (AvgIpc) is 3.00. The SMILES string of the molecule is CC(C)c1coc2ccc(Oc3ccc(NC(=O)N(C)C)cc3)cc12. The van der Waals surface area contributed by atoms with Crippen LogP contribution in [0.1, 0.15) is 25.3 Å². The average molecular weight is 338 g/mol. The van der Waals surface area contributed by atoms with E-state index in [1.807, 2.05) is 42.5 Å². The number of rotatable bonds is 4. The Morgan fingerprint density at radius 1 is 1.08 bits per heavy atom. The zero-order valence-electron chi connectivity index (χ0n) is 14.9. The van der Waals surface area contributed by atoms with Crippen LogP contribution in [0.5, 0.6) is 11.5 Å². The van der Waals surface area contributed by atoms with E-state index in [1.54, 1.807) is 20.4 Å². The van der Waals surface area contributed by atoms with E-state index in [1.165, 1.54) is 10.5 Å². The minimum absolute atomic E-state index is 0.166. The number of amides is 2. The van der Waals surface area contributed by atoms with Crippen molar-refractivity contribution in [2.45, 2.75) is 19.8 Å². The molecule has 1 heterocycles. The maximum atomic E-state index is 11.6. The highest BCUT2D eigenvalue weighted by molar-refractivity contribution is 5.89. The van der Waals surface area contributed by atoms with Gasteiger partial charge in [-0.05, 0) is 48.4 Å². The summed E-state index contributed by atoms with van der Waals surface area (Å²) in [5.74, 6) is 1.84. The Hall–Kier alpha value is -2.95. The van der Waals surface area contributed by atoms with Gasteiger partial charge in [-0.2, -0.15) is 0 Å². The molecule has 0 aliphatic rings. The van der Waals surface area contributed by atoms with Gasteiger partial charge in [0.25, 0.3) is 0 Å². The summed E-state index contributed by atoms with van der Waals surface area (Å²) < 4.78 is 11.5. The van der Waals surface area contributed by atoms with Gasteiger partial charge in [-0.25, -0.2) is 4.79 Å². The predicted molar refractivity (Wildman–Crippen MR) is 99.5 cm³/mol. The molecule has 5 heteroatoms. The maximum absolute atomic E-state index is 11.6. The first kappa shape index (κ1) is 16.9. The zero-order chi connectivity index (χ0) is 18.0. The van der Waals surface area contributed by atoms with Crippen molar-refractivity contribution in [2.75, 3.05) is 19.4 Å². The summed E-state index contributed by atoms with van der Waals surface area (Å²) in [6.45, 7) is 4.27. The fourth-order valence-corrected chi connectivity index (χ4v) is 2.52. The molecule has 1 aromatic heterocycles. The molecule has 5 nitrogen and oxygen atoms in total. The molecule has 0 saturated heterocycles. The van der Waals surface area contributed by atoms with Gasteiger partial charge >= 0.3 is 6.03 Å². The normalized spacial score (nSPS) is 10.9. The van der Waals surface area contributed by atoms with Crippen molar-refractivity contribution in [1.29, 1.82) is 0 Å². The van der Waals surface area contributed by atoms with Crippen molar-refractivity contribution in [3.8, 4) is 11.5 Å². The van der Waals surface area contributed by atoms with Crippen molar-refractivity contribution in [1.82, 2.24) is 4.90 Å². The second kappa shape index (κ2) is 6.89. The van der Waals surface area contributed by atoms with Crippen LogP contribution < -0.4 is 10.1 Å². The largest absolute Gasteiger partial charge is 0.464 e. The van der Waals surface area contributed by atoms with E-state index in [0.29, 0.717) is 11.7 Å². The lowest BCUT2D eigenvalue weighted by Gasteiger charge is -2.12. The van der Waals surface area contributed by atoms with E-state index in [2.05, 4.69) is 19.2 Å². The number of furan rings is 1. The van der Waals surface area contributed by atoms with E-state index in [0.717, 1.165) is 22.4 Å². The lowest BCUT2D eigenvalue weighted by atomic mass is 10.0. The fourth-order valence-electron chi connectivity index (χ4n) is 2.52. The van der Waals surface area contributed by atoms with Gasteiger partial charge in [0.05, 0.1) is 6.26 Å². The van der Waals surface area contributed by atoms with Gasteiger partial charge < -0.3 is 19.4 Å². The Morgan fingerprint density at radius 2 is 1.76 bits per heavy atom. The van der Waals surface area contributed by atoms with Crippen LogP contribution in [0.3, 0.4) is 0 Å². The second-order valence-electron chi connectivity index (χ2n) is 6.45. The predicted octanol–water partition coefficient (Wildman–Crippen LogP) is 5.44. The summed E-state index contributed by atoms with van der Waals surface area (Å²) >= 11 is 0. The van der Waals surface area contributed by atoms with Gasteiger partial charge in [0, 0.05) is 30.7 Å². The summed E-state index contributed by atoms with van der Waals surface area (Å²) in [5.41, 5.74) is 2.75.